The molecule has 1 heterocycles. The van der Waals surface area contributed by atoms with Crippen LogP contribution in [0, 0.1) is 6.92 Å². The number of hydrogen-bond acceptors (Lipinski definition) is 3. The molecule has 1 N–H and O–H groups in total. The van der Waals surface area contributed by atoms with Crippen LogP contribution in [0.25, 0.3) is 11.0 Å². The molecule has 0 spiro atoms. The first-order valence-electron chi connectivity index (χ1n) is 8.02. The lowest BCUT2D eigenvalue weighted by atomic mass is 10.1. The molecule has 5 heteroatoms. The average Bonchev–Trinajstić information content (AvgIpc) is 3.02. The Hall–Kier alpha value is -2.82. The summed E-state index contributed by atoms with van der Waals surface area (Å²) >= 11 is 0. The number of ether oxygens (including phenoxy) is 1. The number of carbonyl (C=O) groups is 1. The third kappa shape index (κ3) is 3.40. The summed E-state index contributed by atoms with van der Waals surface area (Å²) in [6.07, 6.45) is 2.69. The first-order chi connectivity index (χ1) is 11.7. The Balaban J connectivity index is 1.54. The number of methoxy groups -OCH3 is 1. The van der Waals surface area contributed by atoms with Gasteiger partial charge in [-0.1, -0.05) is 18.2 Å². The Morgan fingerprint density at radius 2 is 2.08 bits per heavy atom. The molecule has 0 radical (unpaired) electrons. The number of imidazole rings is 1. The molecule has 3 rings (SSSR count). The van der Waals surface area contributed by atoms with Gasteiger partial charge < -0.3 is 14.6 Å². The van der Waals surface area contributed by atoms with Gasteiger partial charge in [0.25, 0.3) is 5.91 Å². The molecule has 0 unspecified atom stereocenters. The summed E-state index contributed by atoms with van der Waals surface area (Å²) in [5.41, 5.74) is 3.74. The molecule has 5 nitrogen and oxygen atoms in total. The number of para-hydroxylation sites is 2. The number of benzene rings is 2. The normalized spacial score (nSPS) is 10.8. The summed E-state index contributed by atoms with van der Waals surface area (Å²) in [6.45, 7) is 3.38. The van der Waals surface area contributed by atoms with E-state index in [1.807, 2.05) is 43.6 Å². The number of amides is 1. The fraction of sp³-hybridized carbons (Fsp3) is 0.263. The van der Waals surface area contributed by atoms with Gasteiger partial charge in [-0.3, -0.25) is 4.79 Å². The van der Waals surface area contributed by atoms with Crippen molar-refractivity contribution in [3.63, 3.8) is 0 Å². The van der Waals surface area contributed by atoms with E-state index in [1.54, 1.807) is 13.2 Å². The third-order valence-electron chi connectivity index (χ3n) is 4.06. The van der Waals surface area contributed by atoms with Gasteiger partial charge in [0, 0.05) is 18.7 Å². The second-order valence-corrected chi connectivity index (χ2v) is 5.72. The van der Waals surface area contributed by atoms with Gasteiger partial charge in [0.05, 0.1) is 24.5 Å². The first-order valence-corrected chi connectivity index (χ1v) is 8.02. The number of aryl methyl sites for hydroxylation is 2. The van der Waals surface area contributed by atoms with Crippen LogP contribution >= 0.6 is 0 Å². The van der Waals surface area contributed by atoms with Crippen molar-refractivity contribution in [1.82, 2.24) is 14.9 Å². The highest BCUT2D eigenvalue weighted by Gasteiger charge is 2.08. The monoisotopic (exact) mass is 323 g/mol. The number of carbonyl (C=O) groups excluding carboxylic acids is 1. The molecule has 0 saturated carbocycles. The van der Waals surface area contributed by atoms with Crippen LogP contribution in [0.1, 0.15) is 22.3 Å². The van der Waals surface area contributed by atoms with Crippen LogP contribution in [0.5, 0.6) is 5.75 Å². The van der Waals surface area contributed by atoms with Crippen molar-refractivity contribution in [3.8, 4) is 5.75 Å². The minimum absolute atomic E-state index is 0.0798. The molecular weight excluding hydrogens is 302 g/mol. The second kappa shape index (κ2) is 7.17. The fourth-order valence-electron chi connectivity index (χ4n) is 2.70. The Bertz CT molecular complexity index is 855. The molecule has 1 aromatic heterocycles. The summed E-state index contributed by atoms with van der Waals surface area (Å²) in [4.78, 5) is 16.6. The lowest BCUT2D eigenvalue weighted by molar-refractivity contribution is 0.0952. The van der Waals surface area contributed by atoms with Crippen LogP contribution in [-0.2, 0) is 6.54 Å². The highest BCUT2D eigenvalue weighted by Crippen LogP contribution is 2.18. The zero-order valence-electron chi connectivity index (χ0n) is 14.0. The van der Waals surface area contributed by atoms with E-state index in [-0.39, 0.29) is 5.91 Å². The van der Waals surface area contributed by atoms with Gasteiger partial charge in [-0.2, -0.15) is 0 Å². The van der Waals surface area contributed by atoms with Gasteiger partial charge in [-0.25, -0.2) is 4.98 Å². The van der Waals surface area contributed by atoms with Crippen LogP contribution in [0.4, 0.5) is 0 Å². The van der Waals surface area contributed by atoms with E-state index in [1.165, 1.54) is 0 Å². The molecule has 124 valence electrons. The number of hydrogen-bond donors (Lipinski definition) is 1. The van der Waals surface area contributed by atoms with Crippen molar-refractivity contribution in [2.45, 2.75) is 19.9 Å². The Morgan fingerprint density at radius 3 is 2.92 bits per heavy atom. The van der Waals surface area contributed by atoms with E-state index >= 15 is 0 Å². The van der Waals surface area contributed by atoms with Crippen molar-refractivity contribution in [1.29, 1.82) is 0 Å². The minimum Gasteiger partial charge on any atom is -0.496 e. The lowest BCUT2D eigenvalue weighted by Crippen LogP contribution is -2.25. The summed E-state index contributed by atoms with van der Waals surface area (Å²) in [5, 5.41) is 2.95. The van der Waals surface area contributed by atoms with E-state index in [9.17, 15) is 4.79 Å². The molecule has 0 saturated heterocycles. The zero-order valence-corrected chi connectivity index (χ0v) is 14.0. The summed E-state index contributed by atoms with van der Waals surface area (Å²) < 4.78 is 7.37. The van der Waals surface area contributed by atoms with Gasteiger partial charge in [-0.05, 0) is 43.2 Å². The maximum Gasteiger partial charge on any atom is 0.251 e. The highest BCUT2D eigenvalue weighted by molar-refractivity contribution is 5.94. The third-order valence-corrected chi connectivity index (χ3v) is 4.06. The standard InChI is InChI=1S/C19H21N3O2/c1-14-8-9-15(12-18(14)24-2)19(23)20-10-5-11-22-13-21-16-6-3-4-7-17(16)22/h3-4,6-9,12-13H,5,10-11H2,1-2H3,(H,20,23). The Kier molecular flexibility index (Phi) is 4.79. The van der Waals surface area contributed by atoms with Crippen molar-refractivity contribution < 1.29 is 9.53 Å². The molecule has 0 aliphatic rings. The van der Waals surface area contributed by atoms with Gasteiger partial charge in [0.1, 0.15) is 5.75 Å². The maximum atomic E-state index is 12.2. The molecule has 1 amide bonds. The average molecular weight is 323 g/mol. The molecule has 0 atom stereocenters. The summed E-state index contributed by atoms with van der Waals surface area (Å²) in [6, 6.07) is 13.5. The van der Waals surface area contributed by atoms with Crippen molar-refractivity contribution in [3.05, 3.63) is 59.9 Å². The molecule has 24 heavy (non-hydrogen) atoms. The van der Waals surface area contributed by atoms with E-state index in [4.69, 9.17) is 4.74 Å². The smallest absolute Gasteiger partial charge is 0.251 e. The second-order valence-electron chi connectivity index (χ2n) is 5.72. The van der Waals surface area contributed by atoms with Crippen molar-refractivity contribution in [2.75, 3.05) is 13.7 Å². The largest absolute Gasteiger partial charge is 0.496 e. The van der Waals surface area contributed by atoms with Crippen LogP contribution in [0.3, 0.4) is 0 Å². The predicted octanol–water partition coefficient (Wildman–Crippen LogP) is 3.17. The van der Waals surface area contributed by atoms with E-state index in [0.29, 0.717) is 12.1 Å². The van der Waals surface area contributed by atoms with Crippen LogP contribution in [-0.4, -0.2) is 29.1 Å². The Labute approximate surface area is 141 Å². The van der Waals surface area contributed by atoms with Gasteiger partial charge in [0.2, 0.25) is 0 Å². The van der Waals surface area contributed by atoms with E-state index in [2.05, 4.69) is 20.9 Å². The van der Waals surface area contributed by atoms with Gasteiger partial charge >= 0.3 is 0 Å². The molecule has 0 fully saturated rings. The molecule has 0 bridgehead atoms. The first kappa shape index (κ1) is 16.1. The van der Waals surface area contributed by atoms with E-state index in [0.717, 1.165) is 35.3 Å². The molecular formula is C19H21N3O2. The highest BCUT2D eigenvalue weighted by atomic mass is 16.5. The zero-order chi connectivity index (χ0) is 16.9. The quantitative estimate of drug-likeness (QED) is 0.709. The molecule has 2 aromatic carbocycles. The van der Waals surface area contributed by atoms with Crippen LogP contribution < -0.4 is 10.1 Å². The Morgan fingerprint density at radius 1 is 1.25 bits per heavy atom. The van der Waals surface area contributed by atoms with Gasteiger partial charge in [-0.15, -0.1) is 0 Å². The SMILES string of the molecule is COc1cc(C(=O)NCCCn2cnc3ccccc32)ccc1C. The fourth-order valence-corrected chi connectivity index (χ4v) is 2.70. The molecule has 0 aliphatic heterocycles. The predicted molar refractivity (Wildman–Crippen MR) is 94.4 cm³/mol. The topological polar surface area (TPSA) is 56.1 Å². The van der Waals surface area contributed by atoms with Gasteiger partial charge in [0.15, 0.2) is 0 Å². The minimum atomic E-state index is -0.0798. The lowest BCUT2D eigenvalue weighted by Gasteiger charge is -2.09. The van der Waals surface area contributed by atoms with E-state index < -0.39 is 0 Å². The summed E-state index contributed by atoms with van der Waals surface area (Å²) in [7, 11) is 1.61. The molecule has 0 aliphatic carbocycles. The molecule has 3 aromatic rings. The van der Waals surface area contributed by atoms with Crippen molar-refractivity contribution in [2.24, 2.45) is 0 Å². The number of nitrogens with one attached hydrogen (secondary N) is 1. The number of nitrogens with zero attached hydrogens (tertiary/aromatic N) is 2. The summed E-state index contributed by atoms with van der Waals surface area (Å²) in [5.74, 6) is 0.649. The van der Waals surface area contributed by atoms with Crippen molar-refractivity contribution >= 4 is 16.9 Å². The number of aromatic nitrogens is 2. The van der Waals surface area contributed by atoms with Crippen LogP contribution in [0.2, 0.25) is 0 Å². The number of rotatable bonds is 6. The van der Waals surface area contributed by atoms with Crippen LogP contribution in [0.15, 0.2) is 48.8 Å². The number of fused-ring (bicyclic) bond motifs is 1. The maximum absolute atomic E-state index is 12.2.